The third-order valence-electron chi connectivity index (χ3n) is 3.08. The Hall–Kier alpha value is -1.79. The third-order valence-corrected chi connectivity index (χ3v) is 3.08. The molecule has 0 saturated heterocycles. The zero-order valence-electron chi connectivity index (χ0n) is 12.0. The Morgan fingerprint density at radius 2 is 2.10 bits per heavy atom. The maximum Gasteiger partial charge on any atom is 0.179 e. The lowest BCUT2D eigenvalue weighted by molar-refractivity contribution is 0.188. The van der Waals surface area contributed by atoms with Crippen LogP contribution in [-0.4, -0.2) is 36.6 Å². The van der Waals surface area contributed by atoms with Crippen LogP contribution in [0.15, 0.2) is 12.3 Å². The maximum absolute atomic E-state index is 9.64. The van der Waals surface area contributed by atoms with Gasteiger partial charge in [0.25, 0.3) is 0 Å². The summed E-state index contributed by atoms with van der Waals surface area (Å²) in [7, 11) is 0. The zero-order chi connectivity index (χ0) is 14.7. The molecular formula is C14H20N4O2. The number of nitrogens with zero attached hydrogens (tertiary/aromatic N) is 4. The van der Waals surface area contributed by atoms with E-state index < -0.39 is 6.10 Å². The minimum absolute atomic E-state index is 0.0917. The first-order valence-electron chi connectivity index (χ1n) is 6.70. The molecule has 2 aromatic heterocycles. The summed E-state index contributed by atoms with van der Waals surface area (Å²) < 4.78 is 1.72. The van der Waals surface area contributed by atoms with Crippen molar-refractivity contribution in [3.8, 4) is 11.4 Å². The summed E-state index contributed by atoms with van der Waals surface area (Å²) in [6.07, 6.45) is 1.65. The van der Waals surface area contributed by atoms with Gasteiger partial charge in [-0.2, -0.15) is 5.10 Å². The second-order valence-corrected chi connectivity index (χ2v) is 4.91. The van der Waals surface area contributed by atoms with Crippen LogP contribution in [0.25, 0.3) is 11.4 Å². The number of aromatic nitrogens is 4. The molecule has 0 amide bonds. The number of aryl methyl sites for hydroxylation is 3. The molecule has 1 unspecified atom stereocenters. The van der Waals surface area contributed by atoms with Crippen LogP contribution < -0.4 is 0 Å². The van der Waals surface area contributed by atoms with Crippen LogP contribution in [0.3, 0.4) is 0 Å². The van der Waals surface area contributed by atoms with Gasteiger partial charge in [0.05, 0.1) is 0 Å². The van der Waals surface area contributed by atoms with Crippen molar-refractivity contribution >= 4 is 0 Å². The van der Waals surface area contributed by atoms with Gasteiger partial charge in [0.15, 0.2) is 11.6 Å². The molecule has 108 valence electrons. The van der Waals surface area contributed by atoms with Crippen LogP contribution in [-0.2, 0) is 6.54 Å². The molecule has 2 N–H and O–H groups in total. The second kappa shape index (κ2) is 6.11. The molecule has 0 aromatic carbocycles. The Labute approximate surface area is 118 Å². The van der Waals surface area contributed by atoms with E-state index in [2.05, 4.69) is 15.1 Å². The average Bonchev–Trinajstić information content (AvgIpc) is 2.80. The van der Waals surface area contributed by atoms with E-state index in [9.17, 15) is 5.11 Å². The van der Waals surface area contributed by atoms with Crippen molar-refractivity contribution in [2.45, 2.75) is 39.8 Å². The minimum Gasteiger partial charge on any atom is -0.396 e. The highest BCUT2D eigenvalue weighted by molar-refractivity contribution is 5.59. The summed E-state index contributed by atoms with van der Waals surface area (Å²) in [5, 5.41) is 22.9. The molecule has 0 radical (unpaired) electrons. The number of pyridine rings is 1. The first kappa shape index (κ1) is 14.6. The number of hydrogen-bond donors (Lipinski definition) is 2. The molecule has 0 spiro atoms. The molecule has 6 nitrogen and oxygen atoms in total. The lowest BCUT2D eigenvalue weighted by Crippen LogP contribution is -2.06. The zero-order valence-corrected chi connectivity index (χ0v) is 12.0. The fourth-order valence-corrected chi connectivity index (χ4v) is 2.04. The molecule has 0 bridgehead atoms. The monoisotopic (exact) mass is 276 g/mol. The van der Waals surface area contributed by atoms with Gasteiger partial charge in [0.1, 0.15) is 6.10 Å². The van der Waals surface area contributed by atoms with Gasteiger partial charge < -0.3 is 10.2 Å². The van der Waals surface area contributed by atoms with E-state index in [1.54, 1.807) is 17.8 Å². The van der Waals surface area contributed by atoms with Crippen LogP contribution in [0.2, 0.25) is 0 Å². The van der Waals surface area contributed by atoms with Crippen molar-refractivity contribution in [2.75, 3.05) is 6.61 Å². The van der Waals surface area contributed by atoms with Gasteiger partial charge >= 0.3 is 0 Å². The Balaban J connectivity index is 2.47. The van der Waals surface area contributed by atoms with E-state index in [1.165, 1.54) is 0 Å². The van der Waals surface area contributed by atoms with Crippen LogP contribution in [0.5, 0.6) is 0 Å². The molecule has 6 heteroatoms. The average molecular weight is 276 g/mol. The molecule has 2 rings (SSSR count). The summed E-state index contributed by atoms with van der Waals surface area (Å²) in [4.78, 5) is 8.70. The standard InChI is InChI=1S/C14H20N4O2/c1-9-7-10(2)15-8-12(9)14-16-13(11(3)20)17-18(14)5-4-6-19/h7-8,11,19-20H,4-6H2,1-3H3. The summed E-state index contributed by atoms with van der Waals surface area (Å²) in [6, 6.07) is 1.99. The van der Waals surface area contributed by atoms with Crippen molar-refractivity contribution < 1.29 is 10.2 Å². The minimum atomic E-state index is -0.720. The first-order valence-corrected chi connectivity index (χ1v) is 6.70. The lowest BCUT2D eigenvalue weighted by atomic mass is 10.1. The van der Waals surface area contributed by atoms with Gasteiger partial charge in [-0.3, -0.25) is 4.98 Å². The Morgan fingerprint density at radius 3 is 2.70 bits per heavy atom. The molecule has 1 atom stereocenters. The predicted molar refractivity (Wildman–Crippen MR) is 75.1 cm³/mol. The second-order valence-electron chi connectivity index (χ2n) is 4.91. The van der Waals surface area contributed by atoms with Gasteiger partial charge in [0.2, 0.25) is 0 Å². The number of hydrogen-bond acceptors (Lipinski definition) is 5. The molecule has 0 aliphatic heterocycles. The summed E-state index contributed by atoms with van der Waals surface area (Å²) in [5.74, 6) is 1.07. The van der Waals surface area contributed by atoms with Gasteiger partial charge in [-0.1, -0.05) is 0 Å². The molecule has 0 aliphatic carbocycles. The SMILES string of the molecule is Cc1cc(C)c(-c2nc(C(C)O)nn2CCCO)cn1. The van der Waals surface area contributed by atoms with Gasteiger partial charge in [-0.05, 0) is 38.8 Å². The highest BCUT2D eigenvalue weighted by atomic mass is 16.3. The number of aliphatic hydroxyl groups is 2. The van der Waals surface area contributed by atoms with E-state index in [0.29, 0.717) is 24.6 Å². The maximum atomic E-state index is 9.64. The van der Waals surface area contributed by atoms with Crippen LogP contribution >= 0.6 is 0 Å². The van der Waals surface area contributed by atoms with Crippen molar-refractivity contribution in [1.29, 1.82) is 0 Å². The van der Waals surface area contributed by atoms with Crippen LogP contribution in [0.4, 0.5) is 0 Å². The van der Waals surface area contributed by atoms with Gasteiger partial charge in [-0.15, -0.1) is 0 Å². The van der Waals surface area contributed by atoms with E-state index in [0.717, 1.165) is 16.8 Å². The van der Waals surface area contributed by atoms with Crippen molar-refractivity contribution in [3.63, 3.8) is 0 Å². The summed E-state index contributed by atoms with van der Waals surface area (Å²) in [6.45, 7) is 6.22. The fourth-order valence-electron chi connectivity index (χ4n) is 2.04. The van der Waals surface area contributed by atoms with E-state index >= 15 is 0 Å². The third kappa shape index (κ3) is 3.02. The normalized spacial score (nSPS) is 12.7. The molecule has 0 aliphatic rings. The van der Waals surface area contributed by atoms with E-state index in [4.69, 9.17) is 5.11 Å². The van der Waals surface area contributed by atoms with Crippen LogP contribution in [0.1, 0.15) is 36.5 Å². The topological polar surface area (TPSA) is 84.1 Å². The van der Waals surface area contributed by atoms with E-state index in [1.807, 2.05) is 19.9 Å². The predicted octanol–water partition coefficient (Wildman–Crippen LogP) is 1.39. The Kier molecular flexibility index (Phi) is 4.46. The molecule has 0 fully saturated rings. The van der Waals surface area contributed by atoms with Crippen molar-refractivity contribution in [1.82, 2.24) is 19.7 Å². The Bertz CT molecular complexity index is 593. The highest BCUT2D eigenvalue weighted by Gasteiger charge is 2.16. The fraction of sp³-hybridized carbons (Fsp3) is 0.500. The van der Waals surface area contributed by atoms with Crippen LogP contribution in [0, 0.1) is 13.8 Å². The summed E-state index contributed by atoms with van der Waals surface area (Å²) in [5.41, 5.74) is 2.91. The highest BCUT2D eigenvalue weighted by Crippen LogP contribution is 2.23. The molecule has 0 saturated carbocycles. The number of rotatable bonds is 5. The van der Waals surface area contributed by atoms with Crippen molar-refractivity contribution in [2.24, 2.45) is 0 Å². The molecular weight excluding hydrogens is 256 g/mol. The smallest absolute Gasteiger partial charge is 0.179 e. The Morgan fingerprint density at radius 1 is 1.35 bits per heavy atom. The molecule has 2 heterocycles. The quantitative estimate of drug-likeness (QED) is 0.862. The first-order chi connectivity index (χ1) is 9.52. The van der Waals surface area contributed by atoms with E-state index in [-0.39, 0.29) is 6.61 Å². The molecule has 2 aromatic rings. The van der Waals surface area contributed by atoms with Gasteiger partial charge in [0, 0.05) is 30.6 Å². The van der Waals surface area contributed by atoms with Gasteiger partial charge in [-0.25, -0.2) is 9.67 Å². The van der Waals surface area contributed by atoms with Crippen molar-refractivity contribution in [3.05, 3.63) is 29.3 Å². The largest absolute Gasteiger partial charge is 0.396 e. The summed E-state index contributed by atoms with van der Waals surface area (Å²) >= 11 is 0. The molecule has 20 heavy (non-hydrogen) atoms. The lowest BCUT2D eigenvalue weighted by Gasteiger charge is -2.07. The number of aliphatic hydroxyl groups excluding tert-OH is 2.